The smallest absolute Gasteiger partial charge is 0.0540 e. The molecule has 3 heteroatoms. The zero-order chi connectivity index (χ0) is 11.6. The van der Waals surface area contributed by atoms with Gasteiger partial charge in [-0.05, 0) is 27.7 Å². The Balaban J connectivity index is 2.85. The van der Waals surface area contributed by atoms with E-state index in [1.165, 1.54) is 5.56 Å². The third-order valence-corrected chi connectivity index (χ3v) is 2.50. The molecule has 0 aromatic carbocycles. The van der Waals surface area contributed by atoms with Gasteiger partial charge in [0.15, 0.2) is 0 Å². The van der Waals surface area contributed by atoms with Crippen molar-refractivity contribution in [2.75, 3.05) is 0 Å². The average Bonchev–Trinajstić information content (AvgIpc) is 2.48. The van der Waals surface area contributed by atoms with Crippen LogP contribution in [0.25, 0.3) is 0 Å². The van der Waals surface area contributed by atoms with Crippen molar-refractivity contribution in [2.24, 2.45) is 0 Å². The Morgan fingerprint density at radius 1 is 1.27 bits per heavy atom. The summed E-state index contributed by atoms with van der Waals surface area (Å²) in [5, 5.41) is 7.90. The van der Waals surface area contributed by atoms with E-state index in [2.05, 4.69) is 58.2 Å². The molecule has 1 rings (SSSR count). The van der Waals surface area contributed by atoms with Gasteiger partial charge in [0.1, 0.15) is 0 Å². The predicted octanol–water partition coefficient (Wildman–Crippen LogP) is 2.70. The third-order valence-electron chi connectivity index (χ3n) is 2.50. The van der Waals surface area contributed by atoms with Crippen LogP contribution in [0, 0.1) is 0 Å². The van der Waals surface area contributed by atoms with Gasteiger partial charge < -0.3 is 5.32 Å². The van der Waals surface area contributed by atoms with Crippen molar-refractivity contribution in [1.82, 2.24) is 15.1 Å². The molecular weight excluding hydrogens is 186 g/mol. The number of hydrogen-bond donors (Lipinski definition) is 1. The molecular formula is C12H23N3. The minimum absolute atomic E-state index is 0.0126. The molecule has 1 aromatic heterocycles. The summed E-state index contributed by atoms with van der Waals surface area (Å²) in [5.41, 5.74) is 1.23. The third kappa shape index (κ3) is 3.06. The van der Waals surface area contributed by atoms with Crippen LogP contribution in [0.2, 0.25) is 0 Å². The lowest BCUT2D eigenvalue weighted by Gasteiger charge is -2.27. The molecule has 15 heavy (non-hydrogen) atoms. The van der Waals surface area contributed by atoms with E-state index in [1.54, 1.807) is 0 Å². The van der Waals surface area contributed by atoms with Gasteiger partial charge in [0.2, 0.25) is 0 Å². The number of nitrogens with zero attached hydrogens (tertiary/aromatic N) is 2. The van der Waals surface area contributed by atoms with Gasteiger partial charge in [-0.2, -0.15) is 5.10 Å². The van der Waals surface area contributed by atoms with Crippen LogP contribution in [0.1, 0.15) is 53.1 Å². The van der Waals surface area contributed by atoms with Crippen molar-refractivity contribution < 1.29 is 0 Å². The maximum absolute atomic E-state index is 4.37. The molecule has 0 aliphatic heterocycles. The molecule has 0 aliphatic rings. The molecule has 0 bridgehead atoms. The number of hydrogen-bond acceptors (Lipinski definition) is 2. The standard InChI is InChI=1S/C12H23N3/c1-9(2)14-12(5,6)11-7-13-15(8-11)10(3)4/h7-10,14H,1-6H3. The Bertz CT molecular complexity index is 310. The first-order chi connectivity index (χ1) is 6.83. The predicted molar refractivity (Wildman–Crippen MR) is 63.9 cm³/mol. The van der Waals surface area contributed by atoms with Crippen LogP contribution >= 0.6 is 0 Å². The second-order valence-corrected chi connectivity index (χ2v) is 5.23. The minimum atomic E-state index is -0.0126. The van der Waals surface area contributed by atoms with Crippen LogP contribution in [0.3, 0.4) is 0 Å². The number of aromatic nitrogens is 2. The summed E-state index contributed by atoms with van der Waals surface area (Å²) >= 11 is 0. The summed E-state index contributed by atoms with van der Waals surface area (Å²) in [5.74, 6) is 0. The molecule has 0 aliphatic carbocycles. The Morgan fingerprint density at radius 2 is 1.87 bits per heavy atom. The van der Waals surface area contributed by atoms with E-state index in [-0.39, 0.29) is 5.54 Å². The highest BCUT2D eigenvalue weighted by atomic mass is 15.3. The Hall–Kier alpha value is -0.830. The summed E-state index contributed by atoms with van der Waals surface area (Å²) in [7, 11) is 0. The number of nitrogens with one attached hydrogen (secondary N) is 1. The highest BCUT2D eigenvalue weighted by molar-refractivity contribution is 5.16. The lowest BCUT2D eigenvalue weighted by molar-refractivity contribution is 0.365. The maximum Gasteiger partial charge on any atom is 0.0540 e. The molecule has 1 aromatic rings. The van der Waals surface area contributed by atoms with Crippen molar-refractivity contribution in [2.45, 2.75) is 59.2 Å². The highest BCUT2D eigenvalue weighted by Gasteiger charge is 2.22. The molecule has 0 saturated carbocycles. The van der Waals surface area contributed by atoms with Gasteiger partial charge in [0.25, 0.3) is 0 Å². The fraction of sp³-hybridized carbons (Fsp3) is 0.750. The molecule has 0 unspecified atom stereocenters. The largest absolute Gasteiger partial charge is 0.305 e. The van der Waals surface area contributed by atoms with Crippen LogP contribution in [-0.2, 0) is 5.54 Å². The molecule has 0 fully saturated rings. The first kappa shape index (κ1) is 12.2. The molecule has 0 amide bonds. The van der Waals surface area contributed by atoms with E-state index in [1.807, 2.05) is 10.9 Å². The fourth-order valence-electron chi connectivity index (χ4n) is 1.75. The second kappa shape index (κ2) is 4.35. The van der Waals surface area contributed by atoms with Crippen LogP contribution in [0.5, 0.6) is 0 Å². The van der Waals surface area contributed by atoms with Gasteiger partial charge in [-0.15, -0.1) is 0 Å². The van der Waals surface area contributed by atoms with E-state index in [9.17, 15) is 0 Å². The van der Waals surface area contributed by atoms with E-state index in [0.717, 1.165) is 0 Å². The Kier molecular flexibility index (Phi) is 3.55. The zero-order valence-corrected chi connectivity index (χ0v) is 10.7. The first-order valence-electron chi connectivity index (χ1n) is 5.65. The van der Waals surface area contributed by atoms with E-state index >= 15 is 0 Å². The molecule has 3 nitrogen and oxygen atoms in total. The van der Waals surface area contributed by atoms with Gasteiger partial charge in [-0.25, -0.2) is 0 Å². The maximum atomic E-state index is 4.37. The van der Waals surface area contributed by atoms with Crippen LogP contribution in [-0.4, -0.2) is 15.8 Å². The van der Waals surface area contributed by atoms with Crippen molar-refractivity contribution in [1.29, 1.82) is 0 Å². The summed E-state index contributed by atoms with van der Waals surface area (Å²) in [6.45, 7) is 13.0. The molecule has 86 valence electrons. The number of rotatable bonds is 4. The van der Waals surface area contributed by atoms with Gasteiger partial charge >= 0.3 is 0 Å². The van der Waals surface area contributed by atoms with E-state index in [0.29, 0.717) is 12.1 Å². The van der Waals surface area contributed by atoms with Gasteiger partial charge in [0, 0.05) is 29.4 Å². The molecule has 0 saturated heterocycles. The first-order valence-corrected chi connectivity index (χ1v) is 5.65. The Morgan fingerprint density at radius 3 is 2.27 bits per heavy atom. The van der Waals surface area contributed by atoms with Crippen molar-refractivity contribution in [3.8, 4) is 0 Å². The summed E-state index contributed by atoms with van der Waals surface area (Å²) in [4.78, 5) is 0. The van der Waals surface area contributed by atoms with Gasteiger partial charge in [-0.3, -0.25) is 4.68 Å². The van der Waals surface area contributed by atoms with Gasteiger partial charge in [-0.1, -0.05) is 13.8 Å². The highest BCUT2D eigenvalue weighted by Crippen LogP contribution is 2.21. The van der Waals surface area contributed by atoms with Crippen molar-refractivity contribution in [3.05, 3.63) is 18.0 Å². The van der Waals surface area contributed by atoms with Crippen LogP contribution in [0.4, 0.5) is 0 Å². The van der Waals surface area contributed by atoms with Gasteiger partial charge in [0.05, 0.1) is 6.20 Å². The van der Waals surface area contributed by atoms with E-state index < -0.39 is 0 Å². The van der Waals surface area contributed by atoms with Crippen molar-refractivity contribution in [3.63, 3.8) is 0 Å². The van der Waals surface area contributed by atoms with E-state index in [4.69, 9.17) is 0 Å². The Labute approximate surface area is 92.9 Å². The van der Waals surface area contributed by atoms with Crippen molar-refractivity contribution >= 4 is 0 Å². The van der Waals surface area contributed by atoms with Crippen LogP contribution < -0.4 is 5.32 Å². The lowest BCUT2D eigenvalue weighted by Crippen LogP contribution is -2.40. The van der Waals surface area contributed by atoms with Crippen LogP contribution in [0.15, 0.2) is 12.4 Å². The molecule has 0 spiro atoms. The average molecular weight is 209 g/mol. The molecule has 1 heterocycles. The monoisotopic (exact) mass is 209 g/mol. The minimum Gasteiger partial charge on any atom is -0.305 e. The summed E-state index contributed by atoms with van der Waals surface area (Å²) in [6.07, 6.45) is 4.08. The molecule has 1 N–H and O–H groups in total. The SMILES string of the molecule is CC(C)NC(C)(C)c1cnn(C(C)C)c1. The molecule has 0 atom stereocenters. The quantitative estimate of drug-likeness (QED) is 0.826. The lowest BCUT2D eigenvalue weighted by atomic mass is 9.97. The topological polar surface area (TPSA) is 29.9 Å². The fourth-order valence-corrected chi connectivity index (χ4v) is 1.75. The second-order valence-electron chi connectivity index (χ2n) is 5.23. The normalized spacial score (nSPS) is 12.8. The molecule has 0 radical (unpaired) electrons. The summed E-state index contributed by atoms with van der Waals surface area (Å²) in [6, 6.07) is 0.899. The summed E-state index contributed by atoms with van der Waals surface area (Å²) < 4.78 is 2.00. The zero-order valence-electron chi connectivity index (χ0n) is 10.7.